The van der Waals surface area contributed by atoms with E-state index in [4.69, 9.17) is 33.2 Å². The first-order valence-electron chi connectivity index (χ1n) is 44.8. The maximum atomic E-state index is 13.3. The average Bonchev–Trinajstić information content (AvgIpc) is 1.46. The normalized spacial score (nSPS) is 26.3. The van der Waals surface area contributed by atoms with Crippen LogP contribution in [0.15, 0.2) is 109 Å². The predicted octanol–water partition coefficient (Wildman–Crippen LogP) is 23.5. The summed E-state index contributed by atoms with van der Waals surface area (Å²) in [5.41, 5.74) is -0.783. The molecule has 8 aliphatic carbocycles. The number of thiophene rings is 1. The molecular weight excluding hydrogens is 1610 g/mol. The highest BCUT2D eigenvalue weighted by Gasteiger charge is 2.67. The Kier molecular flexibility index (Phi) is 30.0. The zero-order valence-corrected chi connectivity index (χ0v) is 78.4. The van der Waals surface area contributed by atoms with E-state index >= 15 is 0 Å². The molecule has 8 saturated carbocycles. The van der Waals surface area contributed by atoms with E-state index < -0.39 is 79.6 Å². The topological polar surface area (TPSA) is 254 Å². The minimum Gasteiger partial charge on any atom is -0.748 e. The number of phenolic OH excluding ortho intramolecular Hbond substituents is 1. The summed E-state index contributed by atoms with van der Waals surface area (Å²) in [5.74, 6) is 0.810. The molecule has 11 fully saturated rings. The Hall–Kier alpha value is -7.60. The molecule has 123 heavy (non-hydrogen) atoms. The molecule has 0 radical (unpaired) electrons. The van der Waals surface area contributed by atoms with Crippen molar-refractivity contribution in [1.82, 2.24) is 0 Å². The van der Waals surface area contributed by atoms with Gasteiger partial charge in [0, 0.05) is 33.1 Å². The number of alkyl halides is 3. The highest BCUT2D eigenvalue weighted by molar-refractivity contribution is 7.85. The molecule has 1 aromatic heterocycles. The number of aryl methyl sites for hydroxylation is 1. The van der Waals surface area contributed by atoms with E-state index in [1.54, 1.807) is 26.8 Å². The van der Waals surface area contributed by atoms with Crippen LogP contribution in [0.2, 0.25) is 0 Å². The summed E-state index contributed by atoms with van der Waals surface area (Å²) in [6.07, 6.45) is 6.90. The van der Waals surface area contributed by atoms with Crippen molar-refractivity contribution in [2.24, 2.45) is 68.0 Å². The van der Waals surface area contributed by atoms with Gasteiger partial charge < -0.3 is 47.6 Å². The molecule has 11 aliphatic rings. The predicted molar refractivity (Wildman–Crippen MR) is 473 cm³/mol. The van der Waals surface area contributed by atoms with Crippen LogP contribution in [-0.4, -0.2) is 113 Å². The molecular formula is C100H137F3O18S2. The molecule has 678 valence electrons. The van der Waals surface area contributed by atoms with Crippen LogP contribution in [0.1, 0.15) is 282 Å². The Morgan fingerprint density at radius 3 is 1.58 bits per heavy atom. The number of phenols is 1. The Labute approximate surface area is 731 Å². The largest absolute Gasteiger partial charge is 0.748 e. The van der Waals surface area contributed by atoms with Crippen molar-refractivity contribution in [2.45, 2.75) is 334 Å². The molecule has 3 saturated heterocycles. The van der Waals surface area contributed by atoms with Gasteiger partial charge in [-0.2, -0.15) is 13.2 Å². The van der Waals surface area contributed by atoms with E-state index in [1.807, 2.05) is 76.2 Å². The SMILES string of the molecule is CCC(C)(C)C(=O)OC(C)(C)C12CC3CC(CC(C3)C1)C2.CCC(C)(C)C(=O)OC12CC3CC(C1)CC(C(=O)OC(CS(=O)(=O)[O-])C(F)(F)F)(C3)C2.CCC(C)(C)C(=O)OC1C2CC3C(=O)OC1C3O2.CCC(C)(C)C(=O)Oc1cc(C)c(O)c(C)c1C.CCC(C)c1ccc(OC(C)(C)CC)cc1.c1ccc(-[s+]2c3ccccc3c3ccccc32)cc1. The summed E-state index contributed by atoms with van der Waals surface area (Å²) in [6, 6.07) is 38.6. The smallest absolute Gasteiger partial charge is 0.426 e. The highest BCUT2D eigenvalue weighted by atomic mass is 32.2. The number of halogens is 3. The number of benzene rings is 5. The van der Waals surface area contributed by atoms with Gasteiger partial charge in [-0.3, -0.25) is 28.8 Å². The van der Waals surface area contributed by atoms with Crippen LogP contribution in [0.3, 0.4) is 0 Å². The number of aromatic hydroxyl groups is 1. The third kappa shape index (κ3) is 22.2. The monoisotopic (exact) mass is 1750 g/mol. The first kappa shape index (κ1) is 97.6. The number of carbonyl (C=O) groups is 6. The molecule has 6 aromatic rings. The van der Waals surface area contributed by atoms with E-state index in [0.717, 1.165) is 65.9 Å². The van der Waals surface area contributed by atoms with Gasteiger partial charge in [-0.05, 0) is 332 Å². The number of esters is 6. The summed E-state index contributed by atoms with van der Waals surface area (Å²) >= 11 is 0. The lowest BCUT2D eigenvalue weighted by Crippen LogP contribution is -2.61. The molecule has 0 spiro atoms. The second-order valence-corrected chi connectivity index (χ2v) is 44.1. The van der Waals surface area contributed by atoms with Crippen LogP contribution in [0.4, 0.5) is 13.2 Å². The summed E-state index contributed by atoms with van der Waals surface area (Å²) in [5, 5.41) is 12.6. The standard InChI is InChI=1S/C20H29F3O7S.C19H32O2.C18H13S.C15H22O3.C15H24O.C13H18O5/c1-4-17(2,3)15(24)30-19-8-12-5-13(9-19)7-18(6-12,11-19)16(25)29-14(20(21,22)23)10-31(26,27)28;1-6-17(2,3)16(20)21-18(4,5)19-10-13-7-14(11-19)9-15(8-13)12-19;1-2-8-14(9-3-1)19-17-12-6-4-10-15(17)16-11-5-7-13-18(16)19;1-7-15(5,6)14(17)18-12-8-9(2)13(16)11(4)10(12)3;1-6-12(3)13-8-10-14(11-9-13)16-15(4,5)7-2;1-4-13(2,3)12(15)18-9-7-5-6-8(16-7)10(9)17-11(6)14/h12-14H,4-11H2,1-3H3,(H,26,27,28);13-15H,6-12H2,1-5H3;1-13H;8,16H,7H2,1-6H3;8-12H,6-7H2,1-5H3;6-10H,4-5H2,1-3H3/q;;+1;;;/p-1. The molecule has 0 amide bonds. The lowest BCUT2D eigenvalue weighted by atomic mass is 9.46. The number of ether oxygens (including phenoxy) is 8. The Morgan fingerprint density at radius 1 is 0.593 bits per heavy atom. The quantitative estimate of drug-likeness (QED) is 0.0206. The number of rotatable bonds is 23. The zero-order valence-electron chi connectivity index (χ0n) is 76.8. The second kappa shape index (κ2) is 37.8. The van der Waals surface area contributed by atoms with Crippen LogP contribution in [0.25, 0.3) is 25.1 Å². The lowest BCUT2D eigenvalue weighted by Gasteiger charge is -2.61. The second-order valence-electron chi connectivity index (χ2n) is 40.7. The Balaban J connectivity index is 0.000000157. The van der Waals surface area contributed by atoms with Gasteiger partial charge in [-0.1, -0.05) is 103 Å². The van der Waals surface area contributed by atoms with E-state index in [9.17, 15) is 60.0 Å². The Morgan fingerprint density at radius 2 is 1.08 bits per heavy atom. The molecule has 3 aliphatic heterocycles. The van der Waals surface area contributed by atoms with Gasteiger partial charge in [-0.25, -0.2) is 8.42 Å². The van der Waals surface area contributed by atoms with Gasteiger partial charge in [0.1, 0.15) is 40.2 Å². The first-order chi connectivity index (χ1) is 57.2. The first-order valence-corrected chi connectivity index (χ1v) is 47.6. The Bertz CT molecular complexity index is 4760. The lowest BCUT2D eigenvalue weighted by molar-refractivity contribution is -0.239. The minimum atomic E-state index is -5.27. The van der Waals surface area contributed by atoms with Crippen molar-refractivity contribution in [3.8, 4) is 22.1 Å². The van der Waals surface area contributed by atoms with E-state index in [0.29, 0.717) is 56.6 Å². The van der Waals surface area contributed by atoms with Crippen molar-refractivity contribution >= 4 is 76.6 Å². The van der Waals surface area contributed by atoms with Gasteiger partial charge >= 0.3 is 42.0 Å². The van der Waals surface area contributed by atoms with Crippen molar-refractivity contribution in [1.29, 1.82) is 0 Å². The average molecular weight is 1750 g/mol. The third-order valence-electron chi connectivity index (χ3n) is 29.2. The van der Waals surface area contributed by atoms with Crippen LogP contribution in [-0.2, 0) is 67.3 Å². The number of hydrogen-bond acceptors (Lipinski definition) is 18. The van der Waals surface area contributed by atoms with Crippen molar-refractivity contribution in [3.63, 3.8) is 0 Å². The fourth-order valence-electron chi connectivity index (χ4n) is 19.6. The fourth-order valence-corrected chi connectivity index (χ4v) is 22.6. The maximum absolute atomic E-state index is 13.3. The van der Waals surface area contributed by atoms with Crippen LogP contribution >= 0.6 is 10.5 Å². The summed E-state index contributed by atoms with van der Waals surface area (Å²) in [7, 11) is -5.21. The van der Waals surface area contributed by atoms with E-state index in [1.165, 1.54) is 75.6 Å². The summed E-state index contributed by atoms with van der Waals surface area (Å²) in [6.45, 7) is 43.5. The summed E-state index contributed by atoms with van der Waals surface area (Å²) < 4.78 is 120. The van der Waals surface area contributed by atoms with Gasteiger partial charge in [0.05, 0.1) is 55.0 Å². The molecule has 5 aromatic carbocycles. The number of carbonyl (C=O) groups excluding carboxylic acids is 6. The number of fused-ring (bicyclic) bond motifs is 4. The number of hydrogen-bond donors (Lipinski definition) is 1. The van der Waals surface area contributed by atoms with Crippen LogP contribution in [0, 0.1) is 88.8 Å². The molecule has 17 rings (SSSR count). The fraction of sp³-hybridized carbons (Fsp3) is 0.640. The van der Waals surface area contributed by atoms with Crippen molar-refractivity contribution < 1.29 is 97.9 Å². The summed E-state index contributed by atoms with van der Waals surface area (Å²) in [4.78, 5) is 75.3. The highest BCUT2D eigenvalue weighted by Crippen LogP contribution is 2.66. The van der Waals surface area contributed by atoms with Gasteiger partial charge in [-0.15, -0.1) is 0 Å². The van der Waals surface area contributed by atoms with Crippen LogP contribution < -0.4 is 9.47 Å². The minimum absolute atomic E-state index is 0.00100. The molecule has 4 heterocycles. The van der Waals surface area contributed by atoms with Crippen LogP contribution in [0.5, 0.6) is 17.2 Å². The van der Waals surface area contributed by atoms with Crippen molar-refractivity contribution in [3.05, 3.63) is 131 Å². The van der Waals surface area contributed by atoms with E-state index in [-0.39, 0.29) is 98.5 Å². The zero-order chi connectivity index (χ0) is 90.9. The molecule has 23 heteroatoms. The molecule has 10 bridgehead atoms. The van der Waals surface area contributed by atoms with Gasteiger partial charge in [0.15, 0.2) is 26.5 Å². The van der Waals surface area contributed by atoms with E-state index in [2.05, 4.69) is 163 Å². The molecule has 1 N–H and O–H groups in total. The van der Waals surface area contributed by atoms with Gasteiger partial charge in [0.25, 0.3) is 0 Å². The van der Waals surface area contributed by atoms with Gasteiger partial charge in [0.2, 0.25) is 6.10 Å². The molecule has 9 atom stereocenters. The van der Waals surface area contributed by atoms with Crippen molar-refractivity contribution in [2.75, 3.05) is 5.75 Å². The molecule has 9 unspecified atom stereocenters. The maximum Gasteiger partial charge on any atom is 0.426 e. The molecule has 18 nitrogen and oxygen atoms in total. The third-order valence-corrected chi connectivity index (χ3v) is 32.2.